The van der Waals surface area contributed by atoms with E-state index in [9.17, 15) is 5.11 Å². The molecule has 1 aromatic carbocycles. The highest BCUT2D eigenvalue weighted by Crippen LogP contribution is 2.26. The molecular formula is C15H21N3O. The zero-order valence-electron chi connectivity index (χ0n) is 11.6. The highest BCUT2D eigenvalue weighted by Gasteiger charge is 2.07. The third kappa shape index (κ3) is 3.35. The molecule has 0 aliphatic heterocycles. The molecule has 0 atom stereocenters. The number of nitrogens with zero attached hydrogens (tertiary/aromatic N) is 2. The molecule has 0 aliphatic carbocycles. The number of fused-ring (bicyclic) bond motifs is 1. The van der Waals surface area contributed by atoms with Crippen molar-refractivity contribution in [2.45, 2.75) is 13.3 Å². The molecule has 1 aromatic heterocycles. The third-order valence-electron chi connectivity index (χ3n) is 3.14. The molecular weight excluding hydrogens is 238 g/mol. The molecule has 102 valence electrons. The Hall–Kier alpha value is -1.81. The molecule has 0 fully saturated rings. The zero-order chi connectivity index (χ0) is 13.7. The summed E-state index contributed by atoms with van der Waals surface area (Å²) in [6.45, 7) is 5.02. The van der Waals surface area contributed by atoms with Gasteiger partial charge >= 0.3 is 0 Å². The van der Waals surface area contributed by atoms with Crippen molar-refractivity contribution in [3.05, 3.63) is 30.5 Å². The van der Waals surface area contributed by atoms with Crippen molar-refractivity contribution in [3.63, 3.8) is 0 Å². The van der Waals surface area contributed by atoms with E-state index in [1.807, 2.05) is 25.4 Å². The van der Waals surface area contributed by atoms with E-state index in [1.54, 1.807) is 12.1 Å². The van der Waals surface area contributed by atoms with E-state index in [-0.39, 0.29) is 5.75 Å². The first-order valence-electron chi connectivity index (χ1n) is 6.72. The highest BCUT2D eigenvalue weighted by atomic mass is 16.3. The number of anilines is 1. The molecule has 19 heavy (non-hydrogen) atoms. The Morgan fingerprint density at radius 2 is 2.11 bits per heavy atom. The Balaban J connectivity index is 2.16. The standard InChI is InChI=1S/C15H21N3O/c1-3-7-16-9-10-18(2)15-14-11-13(19)5-4-12(14)6-8-17-15/h4-6,8,11,16,19H,3,7,9-10H2,1-2H3. The van der Waals surface area contributed by atoms with Gasteiger partial charge in [-0.1, -0.05) is 13.0 Å². The number of phenols is 1. The molecule has 0 saturated heterocycles. The van der Waals surface area contributed by atoms with Gasteiger partial charge in [0, 0.05) is 31.7 Å². The van der Waals surface area contributed by atoms with Crippen LogP contribution < -0.4 is 10.2 Å². The van der Waals surface area contributed by atoms with Crippen LogP contribution in [0, 0.1) is 0 Å². The summed E-state index contributed by atoms with van der Waals surface area (Å²) in [6.07, 6.45) is 2.95. The number of nitrogens with one attached hydrogen (secondary N) is 1. The van der Waals surface area contributed by atoms with Gasteiger partial charge in [0.15, 0.2) is 0 Å². The van der Waals surface area contributed by atoms with Gasteiger partial charge in [-0.3, -0.25) is 0 Å². The van der Waals surface area contributed by atoms with Crippen LogP contribution in [0.4, 0.5) is 5.82 Å². The van der Waals surface area contributed by atoms with Crippen molar-refractivity contribution in [2.75, 3.05) is 31.6 Å². The molecule has 0 spiro atoms. The van der Waals surface area contributed by atoms with E-state index in [0.717, 1.165) is 42.6 Å². The van der Waals surface area contributed by atoms with Crippen molar-refractivity contribution in [2.24, 2.45) is 0 Å². The number of likely N-dealkylation sites (N-methyl/N-ethyl adjacent to an activating group) is 1. The normalized spacial score (nSPS) is 10.8. The fourth-order valence-electron chi connectivity index (χ4n) is 2.10. The van der Waals surface area contributed by atoms with E-state index in [4.69, 9.17) is 0 Å². The summed E-state index contributed by atoms with van der Waals surface area (Å²) in [4.78, 5) is 6.55. The molecule has 0 aliphatic rings. The van der Waals surface area contributed by atoms with E-state index in [0.29, 0.717) is 0 Å². The fraction of sp³-hybridized carbons (Fsp3) is 0.400. The Morgan fingerprint density at radius 3 is 2.89 bits per heavy atom. The van der Waals surface area contributed by atoms with Gasteiger partial charge in [-0.15, -0.1) is 0 Å². The maximum Gasteiger partial charge on any atom is 0.136 e. The summed E-state index contributed by atoms with van der Waals surface area (Å²) in [5.74, 6) is 1.19. The van der Waals surface area contributed by atoms with Crippen LogP contribution in [-0.4, -0.2) is 36.8 Å². The topological polar surface area (TPSA) is 48.4 Å². The highest BCUT2D eigenvalue weighted by molar-refractivity contribution is 5.93. The number of pyridine rings is 1. The van der Waals surface area contributed by atoms with Crippen LogP contribution in [0.1, 0.15) is 13.3 Å². The number of hydrogen-bond acceptors (Lipinski definition) is 4. The maximum absolute atomic E-state index is 9.62. The first-order valence-corrected chi connectivity index (χ1v) is 6.72. The lowest BCUT2D eigenvalue weighted by atomic mass is 10.1. The van der Waals surface area contributed by atoms with Gasteiger partial charge in [0.05, 0.1) is 0 Å². The minimum atomic E-state index is 0.277. The lowest BCUT2D eigenvalue weighted by Gasteiger charge is -2.20. The summed E-state index contributed by atoms with van der Waals surface area (Å²) in [7, 11) is 2.03. The first-order chi connectivity index (χ1) is 9.22. The molecule has 2 rings (SSSR count). The van der Waals surface area contributed by atoms with Crippen LogP contribution in [-0.2, 0) is 0 Å². The smallest absolute Gasteiger partial charge is 0.136 e. The van der Waals surface area contributed by atoms with Crippen LogP contribution in [0.2, 0.25) is 0 Å². The van der Waals surface area contributed by atoms with Crippen LogP contribution in [0.3, 0.4) is 0 Å². The lowest BCUT2D eigenvalue weighted by molar-refractivity contribution is 0.476. The number of aromatic nitrogens is 1. The number of aromatic hydroxyl groups is 1. The van der Waals surface area contributed by atoms with Crippen LogP contribution >= 0.6 is 0 Å². The van der Waals surface area contributed by atoms with E-state index < -0.39 is 0 Å². The zero-order valence-corrected chi connectivity index (χ0v) is 11.6. The molecule has 2 aromatic rings. The monoisotopic (exact) mass is 259 g/mol. The molecule has 0 saturated carbocycles. The van der Waals surface area contributed by atoms with Gasteiger partial charge in [-0.05, 0) is 36.6 Å². The third-order valence-corrected chi connectivity index (χ3v) is 3.14. The molecule has 1 heterocycles. The second-order valence-electron chi connectivity index (χ2n) is 4.71. The van der Waals surface area contributed by atoms with Gasteiger partial charge in [0.25, 0.3) is 0 Å². The summed E-state index contributed by atoms with van der Waals surface area (Å²) < 4.78 is 0. The maximum atomic E-state index is 9.62. The Morgan fingerprint density at radius 1 is 1.26 bits per heavy atom. The molecule has 0 bridgehead atoms. The molecule has 2 N–H and O–H groups in total. The largest absolute Gasteiger partial charge is 0.508 e. The number of rotatable bonds is 6. The summed E-state index contributed by atoms with van der Waals surface area (Å²) >= 11 is 0. The van der Waals surface area contributed by atoms with Gasteiger partial charge in [-0.2, -0.15) is 0 Å². The Bertz CT molecular complexity index is 542. The average Bonchev–Trinajstić information content (AvgIpc) is 2.42. The van der Waals surface area contributed by atoms with Crippen molar-refractivity contribution in [3.8, 4) is 5.75 Å². The number of hydrogen-bond donors (Lipinski definition) is 2. The van der Waals surface area contributed by atoms with Gasteiger partial charge in [0.2, 0.25) is 0 Å². The van der Waals surface area contributed by atoms with Crippen molar-refractivity contribution >= 4 is 16.6 Å². The minimum absolute atomic E-state index is 0.277. The summed E-state index contributed by atoms with van der Waals surface area (Å²) in [6, 6.07) is 7.35. The molecule has 0 unspecified atom stereocenters. The number of benzene rings is 1. The molecule has 4 nitrogen and oxygen atoms in total. The van der Waals surface area contributed by atoms with E-state index in [2.05, 4.69) is 22.1 Å². The van der Waals surface area contributed by atoms with Gasteiger partial charge in [-0.25, -0.2) is 4.98 Å². The first kappa shape index (κ1) is 13.6. The summed E-state index contributed by atoms with van der Waals surface area (Å²) in [5.41, 5.74) is 0. The quantitative estimate of drug-likeness (QED) is 0.782. The van der Waals surface area contributed by atoms with Gasteiger partial charge in [0.1, 0.15) is 11.6 Å². The fourth-order valence-corrected chi connectivity index (χ4v) is 2.10. The lowest BCUT2D eigenvalue weighted by Crippen LogP contribution is -2.30. The Labute approximate surface area is 114 Å². The molecule has 0 amide bonds. The van der Waals surface area contributed by atoms with Crippen LogP contribution in [0.15, 0.2) is 30.5 Å². The molecule has 0 radical (unpaired) electrons. The predicted molar refractivity (Wildman–Crippen MR) is 79.8 cm³/mol. The number of phenolic OH excluding ortho intramolecular Hbond substituents is 1. The second-order valence-corrected chi connectivity index (χ2v) is 4.71. The van der Waals surface area contributed by atoms with Crippen molar-refractivity contribution in [1.29, 1.82) is 0 Å². The Kier molecular flexibility index (Phi) is 4.58. The second kappa shape index (κ2) is 6.38. The molecule has 4 heteroatoms. The SMILES string of the molecule is CCCNCCN(C)c1nccc2ccc(O)cc12. The van der Waals surface area contributed by atoms with Crippen molar-refractivity contribution in [1.82, 2.24) is 10.3 Å². The minimum Gasteiger partial charge on any atom is -0.508 e. The predicted octanol–water partition coefficient (Wildman–Crippen LogP) is 2.38. The van der Waals surface area contributed by atoms with Gasteiger partial charge < -0.3 is 15.3 Å². The van der Waals surface area contributed by atoms with E-state index >= 15 is 0 Å². The summed E-state index contributed by atoms with van der Waals surface area (Å²) in [5, 5.41) is 15.1. The van der Waals surface area contributed by atoms with Crippen LogP contribution in [0.5, 0.6) is 5.75 Å². The van der Waals surface area contributed by atoms with E-state index in [1.165, 1.54) is 0 Å². The average molecular weight is 259 g/mol. The van der Waals surface area contributed by atoms with Crippen LogP contribution in [0.25, 0.3) is 10.8 Å². The van der Waals surface area contributed by atoms with Crippen molar-refractivity contribution < 1.29 is 5.11 Å².